The summed E-state index contributed by atoms with van der Waals surface area (Å²) >= 11 is 0. The molecule has 0 unspecified atom stereocenters. The van der Waals surface area contributed by atoms with E-state index in [-0.39, 0.29) is 12.4 Å². The first kappa shape index (κ1) is 13.6. The standard InChI is InChI=1S/C8H13F2NO2.ClH/c1-13-7(12)8(9,10)6-2-4-11-5-3-6;/h6,11H,2-5H2,1H3;1H. The van der Waals surface area contributed by atoms with Crippen molar-refractivity contribution in [3.05, 3.63) is 0 Å². The van der Waals surface area contributed by atoms with E-state index in [0.717, 1.165) is 7.11 Å². The third kappa shape index (κ3) is 2.78. The molecular formula is C8H14ClF2NO2. The largest absolute Gasteiger partial charge is 0.465 e. The number of carbonyl (C=O) groups excluding carboxylic acids is 1. The number of halogens is 3. The van der Waals surface area contributed by atoms with E-state index in [9.17, 15) is 13.6 Å². The SMILES string of the molecule is COC(=O)C(F)(F)C1CCNCC1.Cl. The molecule has 1 aliphatic heterocycles. The molecule has 0 aromatic heterocycles. The minimum atomic E-state index is -3.32. The third-order valence-corrected chi connectivity index (χ3v) is 2.31. The second-order valence-corrected chi connectivity index (χ2v) is 3.14. The lowest BCUT2D eigenvalue weighted by molar-refractivity contribution is -0.178. The van der Waals surface area contributed by atoms with Gasteiger partial charge in [0.05, 0.1) is 7.11 Å². The molecule has 0 bridgehead atoms. The first-order valence-electron chi connectivity index (χ1n) is 4.26. The molecule has 14 heavy (non-hydrogen) atoms. The summed E-state index contributed by atoms with van der Waals surface area (Å²) in [5, 5.41) is 2.96. The molecule has 0 radical (unpaired) electrons. The summed E-state index contributed by atoms with van der Waals surface area (Å²) in [6, 6.07) is 0. The van der Waals surface area contributed by atoms with Crippen molar-refractivity contribution in [2.24, 2.45) is 5.92 Å². The van der Waals surface area contributed by atoms with Crippen LogP contribution in [0.1, 0.15) is 12.8 Å². The van der Waals surface area contributed by atoms with E-state index in [4.69, 9.17) is 0 Å². The number of hydrogen-bond acceptors (Lipinski definition) is 3. The van der Waals surface area contributed by atoms with Gasteiger partial charge in [0, 0.05) is 5.92 Å². The van der Waals surface area contributed by atoms with Gasteiger partial charge in [-0.2, -0.15) is 8.78 Å². The first-order chi connectivity index (χ1) is 6.09. The summed E-state index contributed by atoms with van der Waals surface area (Å²) in [5.41, 5.74) is 0. The number of carbonyl (C=O) groups is 1. The Kier molecular flexibility index (Phi) is 5.29. The quantitative estimate of drug-likeness (QED) is 0.724. The molecule has 0 saturated carbocycles. The Morgan fingerprint density at radius 3 is 2.36 bits per heavy atom. The summed E-state index contributed by atoms with van der Waals surface area (Å²) in [5.74, 6) is -5.61. The predicted molar refractivity (Wildman–Crippen MR) is 49.8 cm³/mol. The molecule has 3 nitrogen and oxygen atoms in total. The number of ether oxygens (including phenoxy) is 1. The van der Waals surface area contributed by atoms with E-state index in [1.165, 1.54) is 0 Å². The average molecular weight is 230 g/mol. The van der Waals surface area contributed by atoms with Crippen molar-refractivity contribution in [3.63, 3.8) is 0 Å². The number of nitrogens with one attached hydrogen (secondary N) is 1. The van der Waals surface area contributed by atoms with E-state index >= 15 is 0 Å². The van der Waals surface area contributed by atoms with E-state index < -0.39 is 17.8 Å². The Morgan fingerprint density at radius 1 is 1.43 bits per heavy atom. The summed E-state index contributed by atoms with van der Waals surface area (Å²) in [7, 11) is 0.983. The fourth-order valence-electron chi connectivity index (χ4n) is 1.49. The maximum atomic E-state index is 13.2. The number of rotatable bonds is 2. The lowest BCUT2D eigenvalue weighted by Crippen LogP contribution is -2.43. The molecule has 0 amide bonds. The highest BCUT2D eigenvalue weighted by Crippen LogP contribution is 2.32. The molecule has 1 heterocycles. The van der Waals surface area contributed by atoms with Gasteiger partial charge in [0.1, 0.15) is 0 Å². The number of alkyl halides is 2. The molecule has 1 N–H and O–H groups in total. The van der Waals surface area contributed by atoms with Gasteiger partial charge < -0.3 is 10.1 Å². The van der Waals surface area contributed by atoms with Crippen LogP contribution in [0.3, 0.4) is 0 Å². The van der Waals surface area contributed by atoms with Gasteiger partial charge in [0.15, 0.2) is 0 Å². The molecule has 6 heteroatoms. The van der Waals surface area contributed by atoms with E-state index in [1.54, 1.807) is 0 Å². The second-order valence-electron chi connectivity index (χ2n) is 3.14. The summed E-state index contributed by atoms with van der Waals surface area (Å²) in [4.78, 5) is 10.7. The van der Waals surface area contributed by atoms with Crippen molar-refractivity contribution in [3.8, 4) is 0 Å². The van der Waals surface area contributed by atoms with Crippen molar-refractivity contribution in [1.29, 1.82) is 0 Å². The molecule has 0 aromatic carbocycles. The fourth-order valence-corrected chi connectivity index (χ4v) is 1.49. The van der Waals surface area contributed by atoms with Gasteiger partial charge in [-0.1, -0.05) is 0 Å². The van der Waals surface area contributed by atoms with Gasteiger partial charge >= 0.3 is 11.9 Å². The van der Waals surface area contributed by atoms with Gasteiger partial charge in [0.25, 0.3) is 0 Å². The molecule has 1 saturated heterocycles. The highest BCUT2D eigenvalue weighted by molar-refractivity contribution is 5.85. The Hall–Kier alpha value is -0.420. The number of esters is 1. The number of piperidine rings is 1. The summed E-state index contributed by atoms with van der Waals surface area (Å²) in [6.07, 6.45) is 0.643. The highest BCUT2D eigenvalue weighted by Gasteiger charge is 2.48. The first-order valence-corrected chi connectivity index (χ1v) is 4.26. The van der Waals surface area contributed by atoms with Crippen LogP contribution in [0.5, 0.6) is 0 Å². The van der Waals surface area contributed by atoms with Crippen molar-refractivity contribution < 1.29 is 18.3 Å². The monoisotopic (exact) mass is 229 g/mol. The maximum Gasteiger partial charge on any atom is 0.377 e. The molecule has 0 aliphatic carbocycles. The molecular weight excluding hydrogens is 216 g/mol. The molecule has 0 atom stereocenters. The van der Waals surface area contributed by atoms with Gasteiger partial charge in [-0.25, -0.2) is 4.79 Å². The predicted octanol–water partition coefficient (Wildman–Crippen LogP) is 1.22. The highest BCUT2D eigenvalue weighted by atomic mass is 35.5. The van der Waals surface area contributed by atoms with Crippen LogP contribution in [-0.4, -0.2) is 32.1 Å². The third-order valence-electron chi connectivity index (χ3n) is 2.31. The molecule has 1 aliphatic rings. The average Bonchev–Trinajstić information content (AvgIpc) is 2.18. The van der Waals surface area contributed by atoms with Gasteiger partial charge in [-0.15, -0.1) is 12.4 Å². The smallest absolute Gasteiger partial charge is 0.377 e. The Labute approximate surface area is 87.6 Å². The summed E-state index contributed by atoms with van der Waals surface area (Å²) in [6.45, 7) is 1.08. The van der Waals surface area contributed by atoms with Crippen molar-refractivity contribution in [1.82, 2.24) is 5.32 Å². The molecule has 0 spiro atoms. The zero-order valence-electron chi connectivity index (χ0n) is 7.89. The number of methoxy groups -OCH3 is 1. The van der Waals surface area contributed by atoms with Crippen molar-refractivity contribution >= 4 is 18.4 Å². The van der Waals surface area contributed by atoms with E-state index in [1.807, 2.05) is 0 Å². The Bertz CT molecular complexity index is 196. The Balaban J connectivity index is 0.00000169. The van der Waals surface area contributed by atoms with Crippen LogP contribution in [0.2, 0.25) is 0 Å². The molecule has 0 aromatic rings. The van der Waals surface area contributed by atoms with Crippen LogP contribution in [0.25, 0.3) is 0 Å². The maximum absolute atomic E-state index is 13.2. The van der Waals surface area contributed by atoms with Crippen LogP contribution < -0.4 is 5.32 Å². The van der Waals surface area contributed by atoms with Gasteiger partial charge in [0.2, 0.25) is 0 Å². The van der Waals surface area contributed by atoms with Crippen LogP contribution in [0.15, 0.2) is 0 Å². The lowest BCUT2D eigenvalue weighted by atomic mass is 9.91. The van der Waals surface area contributed by atoms with Crippen molar-refractivity contribution in [2.45, 2.75) is 18.8 Å². The normalized spacial score (nSPS) is 18.5. The van der Waals surface area contributed by atoms with Crippen molar-refractivity contribution in [2.75, 3.05) is 20.2 Å². The zero-order chi connectivity index (χ0) is 9.90. The second kappa shape index (κ2) is 5.46. The van der Waals surface area contributed by atoms with Crippen LogP contribution in [0, 0.1) is 5.92 Å². The van der Waals surface area contributed by atoms with Crippen LogP contribution >= 0.6 is 12.4 Å². The molecule has 1 fully saturated rings. The lowest BCUT2D eigenvalue weighted by Gasteiger charge is -2.28. The Morgan fingerprint density at radius 2 is 1.93 bits per heavy atom. The van der Waals surface area contributed by atoms with Gasteiger partial charge in [-0.05, 0) is 25.9 Å². The molecule has 1 rings (SSSR count). The minimum absolute atomic E-state index is 0. The fraction of sp³-hybridized carbons (Fsp3) is 0.875. The topological polar surface area (TPSA) is 38.3 Å². The van der Waals surface area contributed by atoms with Gasteiger partial charge in [-0.3, -0.25) is 0 Å². The van der Waals surface area contributed by atoms with E-state index in [2.05, 4.69) is 10.1 Å². The molecule has 84 valence electrons. The number of hydrogen-bond donors (Lipinski definition) is 1. The minimum Gasteiger partial charge on any atom is -0.465 e. The van der Waals surface area contributed by atoms with Crippen LogP contribution in [-0.2, 0) is 9.53 Å². The van der Waals surface area contributed by atoms with E-state index in [0.29, 0.717) is 25.9 Å². The zero-order valence-corrected chi connectivity index (χ0v) is 8.70. The van der Waals surface area contributed by atoms with Crippen LogP contribution in [0.4, 0.5) is 8.78 Å². The summed E-state index contributed by atoms with van der Waals surface area (Å²) < 4.78 is 30.5.